The number of aryl methyl sites for hydroxylation is 1. The molecule has 2 aromatic rings. The Balaban J connectivity index is 1.32. The van der Waals surface area contributed by atoms with Crippen molar-refractivity contribution in [2.24, 2.45) is 23.2 Å². The molecule has 2 heterocycles. The van der Waals surface area contributed by atoms with Crippen molar-refractivity contribution in [1.82, 2.24) is 20.0 Å². The maximum Gasteiger partial charge on any atom is 0.331 e. The first-order valence-corrected chi connectivity index (χ1v) is 13.3. The van der Waals surface area contributed by atoms with Crippen LogP contribution in [0, 0.1) is 47.1 Å². The van der Waals surface area contributed by atoms with Crippen LogP contribution >= 0.6 is 0 Å². The highest BCUT2D eigenvalue weighted by molar-refractivity contribution is 6.31. The Kier molecular flexibility index (Phi) is 5.55. The van der Waals surface area contributed by atoms with E-state index in [9.17, 15) is 24.5 Å². The molecule has 10 nitrogen and oxygen atoms in total. The Hall–Kier alpha value is -3.82. The van der Waals surface area contributed by atoms with E-state index in [1.54, 1.807) is 30.7 Å². The molecular formula is C28H31N5O5. The molecule has 1 saturated heterocycles. The highest BCUT2D eigenvalue weighted by Crippen LogP contribution is 2.62. The topological polar surface area (TPSA) is 127 Å². The van der Waals surface area contributed by atoms with Gasteiger partial charge in [0.1, 0.15) is 5.57 Å². The van der Waals surface area contributed by atoms with E-state index in [4.69, 9.17) is 0 Å². The van der Waals surface area contributed by atoms with E-state index in [-0.39, 0.29) is 22.7 Å². The van der Waals surface area contributed by atoms with Crippen LogP contribution in [0.2, 0.25) is 0 Å². The summed E-state index contributed by atoms with van der Waals surface area (Å²) in [5.41, 5.74) is 2.27. The number of benzene rings is 1. The minimum atomic E-state index is -0.712. The van der Waals surface area contributed by atoms with Crippen molar-refractivity contribution in [2.45, 2.75) is 65.3 Å². The Morgan fingerprint density at radius 2 is 1.63 bits per heavy atom. The maximum atomic E-state index is 13.8. The summed E-state index contributed by atoms with van der Waals surface area (Å²) in [5.74, 6) is 0.719. The second-order valence-electron chi connectivity index (χ2n) is 11.7. The van der Waals surface area contributed by atoms with E-state index < -0.39 is 22.8 Å². The van der Waals surface area contributed by atoms with Crippen molar-refractivity contribution in [2.75, 3.05) is 0 Å². The summed E-state index contributed by atoms with van der Waals surface area (Å²) in [4.78, 5) is 51.5. The smallest absolute Gasteiger partial charge is 0.273 e. The predicted molar refractivity (Wildman–Crippen MR) is 138 cm³/mol. The summed E-state index contributed by atoms with van der Waals surface area (Å²) >= 11 is 0. The number of aromatic nitrogens is 2. The highest BCUT2D eigenvalue weighted by Gasteiger charge is 2.56. The van der Waals surface area contributed by atoms with Crippen LogP contribution in [0.1, 0.15) is 62.4 Å². The van der Waals surface area contributed by atoms with Crippen LogP contribution in [0.3, 0.4) is 0 Å². The number of urea groups is 1. The molecule has 7 rings (SSSR count). The summed E-state index contributed by atoms with van der Waals surface area (Å²) in [6, 6.07) is 5.05. The Morgan fingerprint density at radius 3 is 2.18 bits per heavy atom. The fourth-order valence-corrected chi connectivity index (χ4v) is 7.96. The number of nitrogens with one attached hydrogen (secondary N) is 1. The second kappa shape index (κ2) is 8.61. The van der Waals surface area contributed by atoms with Crippen molar-refractivity contribution < 1.29 is 19.3 Å². The van der Waals surface area contributed by atoms with E-state index >= 15 is 0 Å². The van der Waals surface area contributed by atoms with Crippen LogP contribution in [-0.4, -0.2) is 43.5 Å². The molecule has 4 aliphatic carbocycles. The van der Waals surface area contributed by atoms with Gasteiger partial charge in [-0.05, 0) is 101 Å². The number of carbonyl (C=O) groups is 3. The van der Waals surface area contributed by atoms with Crippen molar-refractivity contribution in [3.8, 4) is 5.69 Å². The standard InChI is InChI=1S/C28H31N5O5/c1-15-23(16(2)32(30-15)21-4-6-22(7-5-21)33(37)38)11-24-25(34)29-27(36)31(26(24)35)17(3)28-12-18-8-19(13-28)10-20(9-18)14-28/h4-7,11,17-20H,8-10,12-14H2,1-3H3,(H,29,34,36). The van der Waals surface area contributed by atoms with Crippen LogP contribution in [-0.2, 0) is 9.59 Å². The predicted octanol–water partition coefficient (Wildman–Crippen LogP) is 4.46. The number of imide groups is 2. The molecule has 1 aromatic carbocycles. The van der Waals surface area contributed by atoms with Gasteiger partial charge in [-0.3, -0.25) is 29.9 Å². The molecular weight excluding hydrogens is 486 g/mol. The third-order valence-electron chi connectivity index (χ3n) is 9.43. The van der Waals surface area contributed by atoms with Gasteiger partial charge in [-0.2, -0.15) is 5.10 Å². The molecule has 1 aliphatic heterocycles. The third kappa shape index (κ3) is 3.76. The van der Waals surface area contributed by atoms with E-state index in [1.807, 2.05) is 6.92 Å². The molecule has 1 atom stereocenters. The zero-order valence-corrected chi connectivity index (χ0v) is 21.8. The molecule has 4 amide bonds. The number of nitro benzene ring substituents is 1. The van der Waals surface area contributed by atoms with Crippen LogP contribution in [0.25, 0.3) is 11.8 Å². The second-order valence-corrected chi connectivity index (χ2v) is 11.7. The van der Waals surface area contributed by atoms with Crippen LogP contribution in [0.5, 0.6) is 0 Å². The lowest BCUT2D eigenvalue weighted by Gasteiger charge is -2.60. The van der Waals surface area contributed by atoms with E-state index in [0.717, 1.165) is 19.3 Å². The SMILES string of the molecule is Cc1nn(-c2ccc([N+](=O)[O-])cc2)c(C)c1C=C1C(=O)NC(=O)N(C(C)C23CC4CC(CC(C4)C2)C3)C1=O. The maximum absolute atomic E-state index is 13.8. The molecule has 0 spiro atoms. The third-order valence-corrected chi connectivity index (χ3v) is 9.43. The first-order valence-electron chi connectivity index (χ1n) is 13.3. The number of hydrogen-bond acceptors (Lipinski definition) is 6. The molecule has 5 fully saturated rings. The first-order chi connectivity index (χ1) is 18.1. The molecule has 198 valence electrons. The van der Waals surface area contributed by atoms with Gasteiger partial charge in [-0.1, -0.05) is 0 Å². The van der Waals surface area contributed by atoms with Crippen molar-refractivity contribution in [3.63, 3.8) is 0 Å². The van der Waals surface area contributed by atoms with Crippen LogP contribution < -0.4 is 5.32 Å². The average molecular weight is 518 g/mol. The summed E-state index contributed by atoms with van der Waals surface area (Å²) in [6.45, 7) is 5.55. The Labute approximate surface area is 220 Å². The zero-order valence-electron chi connectivity index (χ0n) is 21.8. The molecule has 0 radical (unpaired) electrons. The molecule has 10 heteroatoms. The molecule has 4 saturated carbocycles. The molecule has 1 aromatic heterocycles. The normalized spacial score (nSPS) is 30.2. The average Bonchev–Trinajstić information content (AvgIpc) is 3.13. The van der Waals surface area contributed by atoms with Crippen molar-refractivity contribution in [1.29, 1.82) is 0 Å². The molecule has 4 bridgehead atoms. The van der Waals surface area contributed by atoms with Gasteiger partial charge in [0.2, 0.25) is 0 Å². The first kappa shape index (κ1) is 24.5. The van der Waals surface area contributed by atoms with Gasteiger partial charge in [0, 0.05) is 29.4 Å². The summed E-state index contributed by atoms with van der Waals surface area (Å²) < 4.78 is 1.62. The van der Waals surface area contributed by atoms with Gasteiger partial charge < -0.3 is 0 Å². The van der Waals surface area contributed by atoms with E-state index in [0.29, 0.717) is 40.4 Å². The lowest BCUT2D eigenvalue weighted by molar-refractivity contribution is -0.384. The van der Waals surface area contributed by atoms with Gasteiger partial charge in [0.05, 0.1) is 16.3 Å². The van der Waals surface area contributed by atoms with Crippen molar-refractivity contribution in [3.05, 3.63) is 56.9 Å². The number of hydrogen-bond donors (Lipinski definition) is 1. The number of carbonyl (C=O) groups excluding carboxylic acids is 3. The van der Waals surface area contributed by atoms with E-state index in [2.05, 4.69) is 10.4 Å². The number of barbiturate groups is 1. The van der Waals surface area contributed by atoms with Gasteiger partial charge in [0.15, 0.2) is 0 Å². The van der Waals surface area contributed by atoms with Gasteiger partial charge in [-0.25, -0.2) is 9.48 Å². The molecule has 5 aliphatic rings. The monoisotopic (exact) mass is 517 g/mol. The minimum absolute atomic E-state index is 0.0278. The number of amides is 4. The zero-order chi connectivity index (χ0) is 26.9. The summed E-state index contributed by atoms with van der Waals surface area (Å²) in [6.07, 6.45) is 8.38. The summed E-state index contributed by atoms with van der Waals surface area (Å²) in [5, 5.41) is 18.0. The quantitative estimate of drug-likeness (QED) is 0.270. The highest BCUT2D eigenvalue weighted by atomic mass is 16.6. The fourth-order valence-electron chi connectivity index (χ4n) is 7.96. The van der Waals surface area contributed by atoms with Crippen molar-refractivity contribution >= 4 is 29.6 Å². The summed E-state index contributed by atoms with van der Waals surface area (Å²) in [7, 11) is 0. The van der Waals surface area contributed by atoms with E-state index in [1.165, 1.54) is 42.4 Å². The molecule has 1 unspecified atom stereocenters. The lowest BCUT2D eigenvalue weighted by Crippen LogP contribution is -2.63. The van der Waals surface area contributed by atoms with Gasteiger partial charge >= 0.3 is 6.03 Å². The fraction of sp³-hybridized carbons (Fsp3) is 0.500. The number of non-ortho nitro benzene ring substituents is 1. The number of rotatable bonds is 5. The van der Waals surface area contributed by atoms with Crippen LogP contribution in [0.4, 0.5) is 10.5 Å². The Bertz CT molecular complexity index is 1370. The largest absolute Gasteiger partial charge is 0.331 e. The minimum Gasteiger partial charge on any atom is -0.273 e. The van der Waals surface area contributed by atoms with Gasteiger partial charge in [-0.15, -0.1) is 0 Å². The van der Waals surface area contributed by atoms with Crippen LogP contribution in [0.15, 0.2) is 29.8 Å². The number of nitrogens with zero attached hydrogens (tertiary/aromatic N) is 4. The number of nitro groups is 1. The van der Waals surface area contributed by atoms with Gasteiger partial charge in [0.25, 0.3) is 17.5 Å². The molecule has 38 heavy (non-hydrogen) atoms. The molecule has 1 N–H and O–H groups in total. The Morgan fingerprint density at radius 1 is 1.05 bits per heavy atom. The lowest BCUT2D eigenvalue weighted by atomic mass is 9.47.